The Labute approximate surface area is 155 Å². The van der Waals surface area contributed by atoms with Crippen LogP contribution in [0.15, 0.2) is 48.5 Å². The molecule has 1 N–H and O–H groups in total. The summed E-state index contributed by atoms with van der Waals surface area (Å²) in [4.78, 5) is 16.8. The van der Waals surface area contributed by atoms with Crippen molar-refractivity contribution in [2.24, 2.45) is 0 Å². The summed E-state index contributed by atoms with van der Waals surface area (Å²) >= 11 is 0. The summed E-state index contributed by atoms with van der Waals surface area (Å²) in [7, 11) is 2.15. The number of ether oxygens (including phenoxy) is 1. The van der Waals surface area contributed by atoms with Crippen LogP contribution in [0.1, 0.15) is 12.0 Å². The van der Waals surface area contributed by atoms with Gasteiger partial charge in [0, 0.05) is 37.6 Å². The minimum atomic E-state index is -0.0362. The van der Waals surface area contributed by atoms with Crippen LogP contribution in [0.2, 0.25) is 0 Å². The summed E-state index contributed by atoms with van der Waals surface area (Å²) in [6.07, 6.45) is 0.328. The maximum atomic E-state index is 12.1. The van der Waals surface area contributed by atoms with Crippen LogP contribution >= 0.6 is 0 Å². The highest BCUT2D eigenvalue weighted by molar-refractivity contribution is 5.90. The molecule has 0 spiro atoms. The Kier molecular flexibility index (Phi) is 6.12. The van der Waals surface area contributed by atoms with Gasteiger partial charge in [-0.15, -0.1) is 0 Å². The van der Waals surface area contributed by atoms with E-state index < -0.39 is 0 Å². The van der Waals surface area contributed by atoms with Gasteiger partial charge in [0.2, 0.25) is 5.91 Å². The van der Waals surface area contributed by atoms with Gasteiger partial charge in [0.05, 0.1) is 13.0 Å². The van der Waals surface area contributed by atoms with Crippen LogP contribution < -0.4 is 15.0 Å². The molecule has 1 fully saturated rings. The average Bonchev–Trinajstić information content (AvgIpc) is 2.65. The van der Waals surface area contributed by atoms with E-state index in [1.165, 1.54) is 5.69 Å². The zero-order chi connectivity index (χ0) is 18.4. The first-order chi connectivity index (χ1) is 12.6. The minimum absolute atomic E-state index is 0.0362. The molecular weight excluding hydrogens is 326 g/mol. The van der Waals surface area contributed by atoms with Crippen molar-refractivity contribution >= 4 is 17.3 Å². The number of hydrogen-bond acceptors (Lipinski definition) is 4. The SMILES string of the molecule is Cc1ccccc1OCCC(=O)Nc1ccc(N2CCN(C)CC2)cc1. The topological polar surface area (TPSA) is 44.8 Å². The fourth-order valence-corrected chi connectivity index (χ4v) is 3.02. The molecule has 1 amide bonds. The first kappa shape index (κ1) is 18.3. The molecular formula is C21H27N3O2. The maximum Gasteiger partial charge on any atom is 0.227 e. The van der Waals surface area contributed by atoms with E-state index in [1.54, 1.807) is 0 Å². The number of nitrogens with one attached hydrogen (secondary N) is 1. The van der Waals surface area contributed by atoms with Crippen LogP contribution in [-0.2, 0) is 4.79 Å². The molecule has 2 aromatic carbocycles. The lowest BCUT2D eigenvalue weighted by atomic mass is 10.2. The van der Waals surface area contributed by atoms with E-state index in [9.17, 15) is 4.79 Å². The second-order valence-corrected chi connectivity index (χ2v) is 6.75. The zero-order valence-electron chi connectivity index (χ0n) is 15.6. The summed E-state index contributed by atoms with van der Waals surface area (Å²) in [6, 6.07) is 15.9. The van der Waals surface area contributed by atoms with Crippen molar-refractivity contribution in [3.05, 3.63) is 54.1 Å². The summed E-state index contributed by atoms with van der Waals surface area (Å²) in [6.45, 7) is 6.61. The first-order valence-electron chi connectivity index (χ1n) is 9.13. The number of anilines is 2. The summed E-state index contributed by atoms with van der Waals surface area (Å²) in [5.74, 6) is 0.794. The number of benzene rings is 2. The number of carbonyl (C=O) groups excluding carboxylic acids is 1. The van der Waals surface area contributed by atoms with Crippen molar-refractivity contribution in [3.63, 3.8) is 0 Å². The third-order valence-electron chi connectivity index (χ3n) is 4.70. The highest BCUT2D eigenvalue weighted by atomic mass is 16.5. The number of aryl methyl sites for hydroxylation is 1. The molecule has 0 unspecified atom stereocenters. The molecule has 0 atom stereocenters. The van der Waals surface area contributed by atoms with Gasteiger partial charge in [-0.3, -0.25) is 4.79 Å². The molecule has 26 heavy (non-hydrogen) atoms. The monoisotopic (exact) mass is 353 g/mol. The van der Waals surface area contributed by atoms with Gasteiger partial charge >= 0.3 is 0 Å². The van der Waals surface area contributed by atoms with Crippen LogP contribution in [-0.4, -0.2) is 50.6 Å². The predicted molar refractivity (Wildman–Crippen MR) is 106 cm³/mol. The quantitative estimate of drug-likeness (QED) is 0.866. The normalized spacial score (nSPS) is 14.9. The number of nitrogens with zero attached hydrogens (tertiary/aromatic N) is 2. The molecule has 0 aliphatic carbocycles. The van der Waals surface area contributed by atoms with Crippen molar-refractivity contribution in [1.82, 2.24) is 4.90 Å². The lowest BCUT2D eigenvalue weighted by Gasteiger charge is -2.34. The molecule has 3 rings (SSSR count). The van der Waals surface area contributed by atoms with E-state index in [4.69, 9.17) is 4.74 Å². The van der Waals surface area contributed by atoms with E-state index in [1.807, 2.05) is 43.3 Å². The molecule has 1 heterocycles. The van der Waals surface area contributed by atoms with E-state index >= 15 is 0 Å². The highest BCUT2D eigenvalue weighted by Gasteiger charge is 2.14. The van der Waals surface area contributed by atoms with Gasteiger partial charge < -0.3 is 19.9 Å². The number of piperazine rings is 1. The fourth-order valence-electron chi connectivity index (χ4n) is 3.02. The maximum absolute atomic E-state index is 12.1. The molecule has 2 aromatic rings. The Morgan fingerprint density at radius 2 is 1.73 bits per heavy atom. The zero-order valence-corrected chi connectivity index (χ0v) is 15.6. The predicted octanol–water partition coefficient (Wildman–Crippen LogP) is 3.15. The molecule has 0 radical (unpaired) electrons. The average molecular weight is 353 g/mol. The van der Waals surface area contributed by atoms with E-state index in [-0.39, 0.29) is 5.91 Å². The lowest BCUT2D eigenvalue weighted by molar-refractivity contribution is -0.116. The Hall–Kier alpha value is -2.53. The van der Waals surface area contributed by atoms with Crippen LogP contribution in [0.5, 0.6) is 5.75 Å². The number of para-hydroxylation sites is 1. The van der Waals surface area contributed by atoms with Crippen molar-refractivity contribution in [2.75, 3.05) is 50.1 Å². The number of carbonyl (C=O) groups is 1. The lowest BCUT2D eigenvalue weighted by Crippen LogP contribution is -2.44. The second kappa shape index (κ2) is 8.72. The van der Waals surface area contributed by atoms with Crippen LogP contribution in [0.3, 0.4) is 0 Å². The van der Waals surface area contributed by atoms with Crippen molar-refractivity contribution < 1.29 is 9.53 Å². The van der Waals surface area contributed by atoms with Gasteiger partial charge in [-0.05, 0) is 49.9 Å². The van der Waals surface area contributed by atoms with Gasteiger partial charge in [-0.1, -0.05) is 18.2 Å². The van der Waals surface area contributed by atoms with Gasteiger partial charge in [0.25, 0.3) is 0 Å². The smallest absolute Gasteiger partial charge is 0.227 e. The molecule has 0 aromatic heterocycles. The van der Waals surface area contributed by atoms with Gasteiger partial charge in [-0.25, -0.2) is 0 Å². The van der Waals surface area contributed by atoms with Crippen molar-refractivity contribution in [3.8, 4) is 5.75 Å². The number of amides is 1. The first-order valence-corrected chi connectivity index (χ1v) is 9.13. The molecule has 5 heteroatoms. The molecule has 0 bridgehead atoms. The van der Waals surface area contributed by atoms with Gasteiger partial charge in [0.1, 0.15) is 5.75 Å². The van der Waals surface area contributed by atoms with Gasteiger partial charge in [-0.2, -0.15) is 0 Å². The Morgan fingerprint density at radius 1 is 1.04 bits per heavy atom. The number of hydrogen-bond donors (Lipinski definition) is 1. The molecule has 138 valence electrons. The molecule has 1 saturated heterocycles. The molecule has 1 aliphatic heterocycles. The van der Waals surface area contributed by atoms with Crippen LogP contribution in [0, 0.1) is 6.92 Å². The van der Waals surface area contributed by atoms with Crippen molar-refractivity contribution in [1.29, 1.82) is 0 Å². The largest absolute Gasteiger partial charge is 0.493 e. The van der Waals surface area contributed by atoms with Gasteiger partial charge in [0.15, 0.2) is 0 Å². The number of rotatable bonds is 6. The molecule has 5 nitrogen and oxygen atoms in total. The van der Waals surface area contributed by atoms with Crippen LogP contribution in [0.4, 0.5) is 11.4 Å². The number of likely N-dealkylation sites (N-methyl/N-ethyl adjacent to an activating group) is 1. The summed E-state index contributed by atoms with van der Waals surface area (Å²) in [5.41, 5.74) is 3.11. The standard InChI is InChI=1S/C21H27N3O2/c1-17-5-3-4-6-20(17)26-16-11-21(25)22-18-7-9-19(10-8-18)24-14-12-23(2)13-15-24/h3-10H,11-16H2,1-2H3,(H,22,25). The fraction of sp³-hybridized carbons (Fsp3) is 0.381. The Morgan fingerprint density at radius 3 is 2.42 bits per heavy atom. The third kappa shape index (κ3) is 4.99. The van der Waals surface area contributed by atoms with E-state index in [2.05, 4.69) is 34.3 Å². The Bertz CT molecular complexity index is 722. The second-order valence-electron chi connectivity index (χ2n) is 6.75. The van der Waals surface area contributed by atoms with Crippen LogP contribution in [0.25, 0.3) is 0 Å². The summed E-state index contributed by atoms with van der Waals surface area (Å²) in [5, 5.41) is 2.93. The minimum Gasteiger partial charge on any atom is -0.493 e. The van der Waals surface area contributed by atoms with E-state index in [0.29, 0.717) is 13.0 Å². The van der Waals surface area contributed by atoms with E-state index in [0.717, 1.165) is 43.2 Å². The molecule has 1 aliphatic rings. The Balaban J connectivity index is 1.45. The van der Waals surface area contributed by atoms with Crippen molar-refractivity contribution in [2.45, 2.75) is 13.3 Å². The summed E-state index contributed by atoms with van der Waals surface area (Å²) < 4.78 is 5.68. The highest BCUT2D eigenvalue weighted by Crippen LogP contribution is 2.20. The third-order valence-corrected chi connectivity index (χ3v) is 4.70. The molecule has 0 saturated carbocycles.